The van der Waals surface area contributed by atoms with Crippen molar-refractivity contribution >= 4 is 22.2 Å². The Hall–Kier alpha value is -1.62. The first-order chi connectivity index (χ1) is 9.74. The molecule has 106 valence electrons. The first-order valence-corrected chi connectivity index (χ1v) is 7.94. The topological polar surface area (TPSA) is 32.3 Å². The highest BCUT2D eigenvalue weighted by molar-refractivity contribution is 7.13. The van der Waals surface area contributed by atoms with Crippen molar-refractivity contribution in [2.24, 2.45) is 0 Å². The van der Waals surface area contributed by atoms with E-state index in [0.717, 1.165) is 37.0 Å². The average molecular weight is 288 g/mol. The van der Waals surface area contributed by atoms with Crippen LogP contribution in [0.15, 0.2) is 23.8 Å². The average Bonchev–Trinajstić information content (AvgIpc) is 2.74. The molecule has 0 aromatic carbocycles. The van der Waals surface area contributed by atoms with Crippen molar-refractivity contribution in [1.29, 1.82) is 0 Å². The molecule has 0 radical (unpaired) electrons. The molecule has 3 rings (SSSR count). The van der Waals surface area contributed by atoms with Crippen molar-refractivity contribution in [3.63, 3.8) is 0 Å². The minimum absolute atomic E-state index is 1.04. The molecule has 3 heterocycles. The van der Waals surface area contributed by atoms with Crippen LogP contribution in [-0.2, 0) is 0 Å². The van der Waals surface area contributed by atoms with Crippen LogP contribution in [0.3, 0.4) is 0 Å². The van der Waals surface area contributed by atoms with E-state index in [-0.39, 0.29) is 0 Å². The monoisotopic (exact) mass is 288 g/mol. The minimum atomic E-state index is 1.04. The molecule has 5 heteroatoms. The van der Waals surface area contributed by atoms with Gasteiger partial charge in [0.15, 0.2) is 5.13 Å². The largest absolute Gasteiger partial charge is 0.369 e. The van der Waals surface area contributed by atoms with E-state index in [9.17, 15) is 0 Å². The lowest BCUT2D eigenvalue weighted by Gasteiger charge is -2.24. The molecule has 0 atom stereocenters. The fourth-order valence-electron chi connectivity index (χ4n) is 2.66. The van der Waals surface area contributed by atoms with E-state index in [1.54, 1.807) is 11.3 Å². The van der Waals surface area contributed by atoms with Crippen LogP contribution in [0.2, 0.25) is 0 Å². The van der Waals surface area contributed by atoms with Gasteiger partial charge in [-0.3, -0.25) is 4.98 Å². The molecular weight excluding hydrogens is 268 g/mol. The molecule has 1 aliphatic rings. The van der Waals surface area contributed by atoms with Gasteiger partial charge >= 0.3 is 0 Å². The number of pyridine rings is 1. The normalized spacial score (nSPS) is 16.3. The van der Waals surface area contributed by atoms with Crippen LogP contribution >= 0.6 is 11.3 Å². The Kier molecular flexibility index (Phi) is 3.87. The summed E-state index contributed by atoms with van der Waals surface area (Å²) in [5.74, 6) is 0. The molecule has 1 fully saturated rings. The Morgan fingerprint density at radius 2 is 1.90 bits per heavy atom. The molecule has 20 heavy (non-hydrogen) atoms. The van der Waals surface area contributed by atoms with Gasteiger partial charge in [-0.15, -0.1) is 11.3 Å². The van der Waals surface area contributed by atoms with Gasteiger partial charge in [-0.1, -0.05) is 0 Å². The SMILES string of the molecule is Cc1csc(N2CCCN(c3ccncc3C)CC2)n1. The van der Waals surface area contributed by atoms with Gasteiger partial charge in [0, 0.05) is 49.6 Å². The summed E-state index contributed by atoms with van der Waals surface area (Å²) in [5, 5.41) is 3.29. The molecule has 0 spiro atoms. The summed E-state index contributed by atoms with van der Waals surface area (Å²) in [6.07, 6.45) is 5.00. The Morgan fingerprint density at radius 1 is 1.10 bits per heavy atom. The second-order valence-corrected chi connectivity index (χ2v) is 6.10. The van der Waals surface area contributed by atoms with Gasteiger partial charge in [0.2, 0.25) is 0 Å². The lowest BCUT2D eigenvalue weighted by Crippen LogP contribution is -2.31. The third-order valence-electron chi connectivity index (χ3n) is 3.70. The van der Waals surface area contributed by atoms with Crippen LogP contribution in [-0.4, -0.2) is 36.1 Å². The van der Waals surface area contributed by atoms with E-state index in [4.69, 9.17) is 0 Å². The number of anilines is 2. The standard InChI is InChI=1S/C15H20N4S/c1-12-10-16-5-4-14(12)18-6-3-7-19(9-8-18)15-17-13(2)11-20-15/h4-5,10-11H,3,6-9H2,1-2H3. The van der Waals surface area contributed by atoms with Crippen LogP contribution in [0, 0.1) is 13.8 Å². The zero-order valence-electron chi connectivity index (χ0n) is 12.0. The summed E-state index contributed by atoms with van der Waals surface area (Å²) in [6.45, 7) is 8.47. The Morgan fingerprint density at radius 3 is 2.65 bits per heavy atom. The van der Waals surface area contributed by atoms with Gasteiger partial charge in [0.1, 0.15) is 0 Å². The van der Waals surface area contributed by atoms with Crippen LogP contribution in [0.4, 0.5) is 10.8 Å². The van der Waals surface area contributed by atoms with E-state index >= 15 is 0 Å². The Bertz CT molecular complexity index is 581. The molecular formula is C15H20N4S. The maximum Gasteiger partial charge on any atom is 0.185 e. The van der Waals surface area contributed by atoms with Crippen molar-refractivity contribution < 1.29 is 0 Å². The zero-order valence-corrected chi connectivity index (χ0v) is 12.9. The first-order valence-electron chi connectivity index (χ1n) is 7.06. The molecule has 1 aliphatic heterocycles. The molecule has 0 saturated carbocycles. The summed E-state index contributed by atoms with van der Waals surface area (Å²) < 4.78 is 0. The molecule has 0 aliphatic carbocycles. The quantitative estimate of drug-likeness (QED) is 0.850. The smallest absolute Gasteiger partial charge is 0.185 e. The lowest BCUT2D eigenvalue weighted by atomic mass is 10.2. The van der Waals surface area contributed by atoms with Crippen molar-refractivity contribution in [3.05, 3.63) is 35.1 Å². The van der Waals surface area contributed by atoms with Gasteiger partial charge in [0.05, 0.1) is 5.69 Å². The predicted molar refractivity (Wildman–Crippen MR) is 84.9 cm³/mol. The van der Waals surface area contributed by atoms with Crippen LogP contribution < -0.4 is 9.80 Å². The molecule has 2 aromatic heterocycles. The second kappa shape index (κ2) is 5.79. The highest BCUT2D eigenvalue weighted by Gasteiger charge is 2.18. The van der Waals surface area contributed by atoms with Crippen LogP contribution in [0.5, 0.6) is 0 Å². The number of rotatable bonds is 2. The lowest BCUT2D eigenvalue weighted by molar-refractivity contribution is 0.802. The third kappa shape index (κ3) is 2.77. The van der Waals surface area contributed by atoms with Crippen molar-refractivity contribution in [1.82, 2.24) is 9.97 Å². The van der Waals surface area contributed by atoms with Crippen molar-refractivity contribution in [2.75, 3.05) is 36.0 Å². The van der Waals surface area contributed by atoms with Gasteiger partial charge in [-0.05, 0) is 31.9 Å². The molecule has 0 unspecified atom stereocenters. The Balaban J connectivity index is 1.72. The van der Waals surface area contributed by atoms with Crippen LogP contribution in [0.1, 0.15) is 17.7 Å². The van der Waals surface area contributed by atoms with Gasteiger partial charge in [0.25, 0.3) is 0 Å². The number of aryl methyl sites for hydroxylation is 2. The highest BCUT2D eigenvalue weighted by Crippen LogP contribution is 2.24. The van der Waals surface area contributed by atoms with E-state index in [2.05, 4.69) is 45.1 Å². The highest BCUT2D eigenvalue weighted by atomic mass is 32.1. The fraction of sp³-hybridized carbons (Fsp3) is 0.467. The van der Waals surface area contributed by atoms with Gasteiger partial charge < -0.3 is 9.80 Å². The molecule has 0 amide bonds. The van der Waals surface area contributed by atoms with Gasteiger partial charge in [-0.2, -0.15) is 0 Å². The predicted octanol–water partition coefficient (Wildman–Crippen LogP) is 2.87. The maximum absolute atomic E-state index is 4.61. The molecule has 0 bridgehead atoms. The zero-order chi connectivity index (χ0) is 13.9. The van der Waals surface area contributed by atoms with E-state index in [1.165, 1.54) is 17.7 Å². The van der Waals surface area contributed by atoms with Crippen molar-refractivity contribution in [2.45, 2.75) is 20.3 Å². The Labute approximate surface area is 124 Å². The number of nitrogens with zero attached hydrogens (tertiary/aromatic N) is 4. The van der Waals surface area contributed by atoms with Gasteiger partial charge in [-0.25, -0.2) is 4.98 Å². The molecule has 2 aromatic rings. The van der Waals surface area contributed by atoms with Crippen LogP contribution in [0.25, 0.3) is 0 Å². The van der Waals surface area contributed by atoms with Crippen molar-refractivity contribution in [3.8, 4) is 0 Å². The fourth-order valence-corrected chi connectivity index (χ4v) is 3.51. The maximum atomic E-state index is 4.61. The molecule has 4 nitrogen and oxygen atoms in total. The number of aromatic nitrogens is 2. The minimum Gasteiger partial charge on any atom is -0.369 e. The summed E-state index contributed by atoms with van der Waals surface area (Å²) in [5.41, 5.74) is 3.69. The second-order valence-electron chi connectivity index (χ2n) is 5.26. The summed E-state index contributed by atoms with van der Waals surface area (Å²) in [6, 6.07) is 2.12. The summed E-state index contributed by atoms with van der Waals surface area (Å²) in [4.78, 5) is 13.7. The number of hydrogen-bond donors (Lipinski definition) is 0. The molecule has 1 saturated heterocycles. The third-order valence-corrected chi connectivity index (χ3v) is 4.72. The number of hydrogen-bond acceptors (Lipinski definition) is 5. The van der Waals surface area contributed by atoms with E-state index < -0.39 is 0 Å². The summed E-state index contributed by atoms with van der Waals surface area (Å²) >= 11 is 1.75. The first kappa shape index (κ1) is 13.4. The molecule has 0 N–H and O–H groups in total. The van der Waals surface area contributed by atoms with E-state index in [0.29, 0.717) is 0 Å². The number of thiazole rings is 1. The van der Waals surface area contributed by atoms with E-state index in [1.807, 2.05) is 12.4 Å². The summed E-state index contributed by atoms with van der Waals surface area (Å²) in [7, 11) is 0.